The van der Waals surface area contributed by atoms with Crippen LogP contribution < -0.4 is 5.32 Å². The molecule has 2 aromatic rings. The molecule has 1 aromatic carbocycles. The Balaban J connectivity index is 2.00. The fourth-order valence-electron chi connectivity index (χ4n) is 2.67. The van der Waals surface area contributed by atoms with Crippen LogP contribution in [0, 0.1) is 0 Å². The minimum atomic E-state index is 0.532. The molecule has 3 rings (SSSR count). The van der Waals surface area contributed by atoms with Gasteiger partial charge in [-0.1, -0.05) is 19.9 Å². The van der Waals surface area contributed by atoms with E-state index < -0.39 is 0 Å². The van der Waals surface area contributed by atoms with Gasteiger partial charge in [0.2, 0.25) is 0 Å². The van der Waals surface area contributed by atoms with Crippen LogP contribution in [0.25, 0.3) is 10.9 Å². The van der Waals surface area contributed by atoms with Crippen molar-refractivity contribution in [2.45, 2.75) is 38.6 Å². The van der Waals surface area contributed by atoms with E-state index in [0.29, 0.717) is 12.0 Å². The summed E-state index contributed by atoms with van der Waals surface area (Å²) in [6, 6.07) is 9.60. The van der Waals surface area contributed by atoms with Gasteiger partial charge in [-0.05, 0) is 54.5 Å². The molecule has 90 valence electrons. The zero-order valence-electron chi connectivity index (χ0n) is 10.6. The third kappa shape index (κ3) is 1.98. The standard InChI is InChI=1S/C15H20N2/c1-10(2)11-5-6-13-12(8-11)9-15(17-13)14-4-3-7-16-14/h5-6,8-10,14,16-17H,3-4,7H2,1-2H3. The van der Waals surface area contributed by atoms with Crippen LogP contribution in [-0.2, 0) is 0 Å². The second-order valence-corrected chi connectivity index (χ2v) is 5.38. The Morgan fingerprint density at radius 2 is 2.12 bits per heavy atom. The van der Waals surface area contributed by atoms with Gasteiger partial charge < -0.3 is 10.3 Å². The molecule has 1 saturated heterocycles. The lowest BCUT2D eigenvalue weighted by molar-refractivity contribution is 0.633. The first-order valence-corrected chi connectivity index (χ1v) is 6.60. The average molecular weight is 228 g/mol. The number of rotatable bonds is 2. The van der Waals surface area contributed by atoms with E-state index in [9.17, 15) is 0 Å². The number of benzene rings is 1. The SMILES string of the molecule is CC(C)c1ccc2[nH]c(C3CCCN3)cc2c1. The van der Waals surface area contributed by atoms with Gasteiger partial charge in [0.15, 0.2) is 0 Å². The first-order chi connectivity index (χ1) is 8.24. The van der Waals surface area contributed by atoms with E-state index in [-0.39, 0.29) is 0 Å². The first kappa shape index (κ1) is 10.8. The van der Waals surface area contributed by atoms with Gasteiger partial charge in [0.1, 0.15) is 0 Å². The Morgan fingerprint density at radius 1 is 1.24 bits per heavy atom. The molecule has 0 saturated carbocycles. The lowest BCUT2D eigenvalue weighted by atomic mass is 10.0. The van der Waals surface area contributed by atoms with Crippen molar-refractivity contribution < 1.29 is 0 Å². The third-order valence-electron chi connectivity index (χ3n) is 3.77. The number of nitrogens with one attached hydrogen (secondary N) is 2. The summed E-state index contributed by atoms with van der Waals surface area (Å²) in [4.78, 5) is 3.54. The Morgan fingerprint density at radius 3 is 2.82 bits per heavy atom. The number of aromatic nitrogens is 1. The molecule has 1 fully saturated rings. The van der Waals surface area contributed by atoms with Gasteiger partial charge in [-0.25, -0.2) is 0 Å². The molecule has 17 heavy (non-hydrogen) atoms. The highest BCUT2D eigenvalue weighted by molar-refractivity contribution is 5.81. The molecule has 1 aliphatic rings. The molecule has 0 aliphatic carbocycles. The number of hydrogen-bond donors (Lipinski definition) is 2. The molecule has 1 aliphatic heterocycles. The predicted octanol–water partition coefficient (Wildman–Crippen LogP) is 3.72. The third-order valence-corrected chi connectivity index (χ3v) is 3.77. The van der Waals surface area contributed by atoms with Crippen LogP contribution in [0.2, 0.25) is 0 Å². The Kier molecular flexibility index (Phi) is 2.67. The summed E-state index contributed by atoms with van der Waals surface area (Å²) in [7, 11) is 0. The van der Waals surface area contributed by atoms with E-state index in [0.717, 1.165) is 6.54 Å². The normalized spacial score (nSPS) is 20.5. The van der Waals surface area contributed by atoms with Gasteiger partial charge in [-0.3, -0.25) is 0 Å². The molecule has 0 amide bonds. The maximum absolute atomic E-state index is 3.54. The first-order valence-electron chi connectivity index (χ1n) is 6.60. The van der Waals surface area contributed by atoms with E-state index in [4.69, 9.17) is 0 Å². The minimum Gasteiger partial charge on any atom is -0.357 e. The summed E-state index contributed by atoms with van der Waals surface area (Å²) < 4.78 is 0. The molecular formula is C15H20N2. The van der Waals surface area contributed by atoms with Crippen LogP contribution >= 0.6 is 0 Å². The van der Waals surface area contributed by atoms with Crippen LogP contribution in [0.3, 0.4) is 0 Å². The monoisotopic (exact) mass is 228 g/mol. The van der Waals surface area contributed by atoms with Crippen molar-refractivity contribution in [3.63, 3.8) is 0 Å². The van der Waals surface area contributed by atoms with Gasteiger partial charge in [-0.2, -0.15) is 0 Å². The summed E-state index contributed by atoms with van der Waals surface area (Å²) >= 11 is 0. The van der Waals surface area contributed by atoms with E-state index in [1.165, 1.54) is 35.0 Å². The Bertz CT molecular complexity index is 519. The van der Waals surface area contributed by atoms with Crippen molar-refractivity contribution in [2.24, 2.45) is 0 Å². The highest BCUT2D eigenvalue weighted by atomic mass is 15.0. The van der Waals surface area contributed by atoms with E-state index in [1.54, 1.807) is 0 Å². The molecule has 2 heterocycles. The summed E-state index contributed by atoms with van der Waals surface area (Å²) in [6.45, 7) is 5.64. The molecule has 1 aromatic heterocycles. The summed E-state index contributed by atoms with van der Waals surface area (Å²) in [5.74, 6) is 0.599. The Hall–Kier alpha value is -1.28. The molecule has 0 radical (unpaired) electrons. The second-order valence-electron chi connectivity index (χ2n) is 5.38. The highest BCUT2D eigenvalue weighted by Crippen LogP contribution is 2.27. The van der Waals surface area contributed by atoms with Crippen molar-refractivity contribution in [1.29, 1.82) is 0 Å². The van der Waals surface area contributed by atoms with E-state index >= 15 is 0 Å². The lowest BCUT2D eigenvalue weighted by Crippen LogP contribution is -2.12. The second kappa shape index (κ2) is 4.19. The summed E-state index contributed by atoms with van der Waals surface area (Å²) in [6.07, 6.45) is 2.54. The fraction of sp³-hybridized carbons (Fsp3) is 0.467. The van der Waals surface area contributed by atoms with Gasteiger partial charge in [0.25, 0.3) is 0 Å². The van der Waals surface area contributed by atoms with Crippen LogP contribution in [0.5, 0.6) is 0 Å². The summed E-state index contributed by atoms with van der Waals surface area (Å²) in [5, 5.41) is 4.89. The van der Waals surface area contributed by atoms with Crippen LogP contribution in [-0.4, -0.2) is 11.5 Å². The number of H-pyrrole nitrogens is 1. The molecule has 2 heteroatoms. The maximum Gasteiger partial charge on any atom is 0.0473 e. The van der Waals surface area contributed by atoms with Crippen LogP contribution in [0.4, 0.5) is 0 Å². The van der Waals surface area contributed by atoms with Crippen LogP contribution in [0.1, 0.15) is 49.9 Å². The topological polar surface area (TPSA) is 27.8 Å². The van der Waals surface area contributed by atoms with Gasteiger partial charge >= 0.3 is 0 Å². The quantitative estimate of drug-likeness (QED) is 0.805. The van der Waals surface area contributed by atoms with Gasteiger partial charge in [0, 0.05) is 17.3 Å². The van der Waals surface area contributed by atoms with Crippen molar-refractivity contribution in [2.75, 3.05) is 6.54 Å². The molecule has 0 bridgehead atoms. The van der Waals surface area contributed by atoms with Crippen molar-refractivity contribution in [3.05, 3.63) is 35.5 Å². The van der Waals surface area contributed by atoms with Crippen molar-refractivity contribution in [3.8, 4) is 0 Å². The largest absolute Gasteiger partial charge is 0.357 e. The fourth-order valence-corrected chi connectivity index (χ4v) is 2.67. The number of hydrogen-bond acceptors (Lipinski definition) is 1. The van der Waals surface area contributed by atoms with E-state index in [2.05, 4.69) is 48.4 Å². The molecule has 2 nitrogen and oxygen atoms in total. The van der Waals surface area contributed by atoms with Gasteiger partial charge in [-0.15, -0.1) is 0 Å². The molecule has 2 N–H and O–H groups in total. The molecule has 1 unspecified atom stereocenters. The zero-order chi connectivity index (χ0) is 11.8. The van der Waals surface area contributed by atoms with Gasteiger partial charge in [0.05, 0.1) is 0 Å². The smallest absolute Gasteiger partial charge is 0.0473 e. The zero-order valence-corrected chi connectivity index (χ0v) is 10.6. The molecule has 0 spiro atoms. The number of aromatic amines is 1. The highest BCUT2D eigenvalue weighted by Gasteiger charge is 2.17. The lowest BCUT2D eigenvalue weighted by Gasteiger charge is -2.06. The average Bonchev–Trinajstić information content (AvgIpc) is 2.96. The molecular weight excluding hydrogens is 208 g/mol. The Labute approximate surface area is 102 Å². The molecule has 1 atom stereocenters. The van der Waals surface area contributed by atoms with E-state index in [1.807, 2.05) is 0 Å². The number of fused-ring (bicyclic) bond motifs is 1. The summed E-state index contributed by atoms with van der Waals surface area (Å²) in [5.41, 5.74) is 4.03. The van der Waals surface area contributed by atoms with Crippen molar-refractivity contribution in [1.82, 2.24) is 10.3 Å². The van der Waals surface area contributed by atoms with Crippen molar-refractivity contribution >= 4 is 10.9 Å². The van der Waals surface area contributed by atoms with Crippen LogP contribution in [0.15, 0.2) is 24.3 Å². The maximum atomic E-state index is 3.54. The predicted molar refractivity (Wildman–Crippen MR) is 72.4 cm³/mol. The minimum absolute atomic E-state index is 0.532.